The zero-order chi connectivity index (χ0) is 24.6. The predicted molar refractivity (Wildman–Crippen MR) is 138 cm³/mol. The molecule has 2 aromatic carbocycles. The Kier molecular flexibility index (Phi) is 5.86. The molecule has 0 aliphatic carbocycles. The van der Waals surface area contributed by atoms with E-state index in [4.69, 9.17) is 4.74 Å². The molecule has 2 aromatic heterocycles. The number of hydrogen-bond donors (Lipinski definition) is 0. The fourth-order valence-corrected chi connectivity index (χ4v) is 5.18. The average Bonchev–Trinajstić information content (AvgIpc) is 3.59. The van der Waals surface area contributed by atoms with E-state index in [0.29, 0.717) is 5.69 Å². The van der Waals surface area contributed by atoms with Gasteiger partial charge in [-0.25, -0.2) is 9.48 Å². The molecule has 0 radical (unpaired) electrons. The summed E-state index contributed by atoms with van der Waals surface area (Å²) in [6.45, 7) is 3.83. The van der Waals surface area contributed by atoms with Crippen LogP contribution in [0.2, 0.25) is 0 Å². The molecule has 0 atom stereocenters. The summed E-state index contributed by atoms with van der Waals surface area (Å²) >= 11 is 1.54. The van der Waals surface area contributed by atoms with E-state index in [1.165, 1.54) is 0 Å². The van der Waals surface area contributed by atoms with E-state index in [2.05, 4.69) is 25.0 Å². The van der Waals surface area contributed by atoms with Crippen LogP contribution in [-0.4, -0.2) is 35.2 Å². The molecule has 0 unspecified atom stereocenters. The summed E-state index contributed by atoms with van der Waals surface area (Å²) in [6, 6.07) is 23.1. The first-order valence-electron chi connectivity index (χ1n) is 11.3. The van der Waals surface area contributed by atoms with Crippen LogP contribution in [0.1, 0.15) is 29.9 Å². The highest BCUT2D eigenvalue weighted by Gasteiger charge is 2.38. The van der Waals surface area contributed by atoms with E-state index in [9.17, 15) is 9.59 Å². The van der Waals surface area contributed by atoms with Crippen molar-refractivity contribution >= 4 is 28.8 Å². The first-order valence-corrected chi connectivity index (χ1v) is 12.2. The Bertz CT molecular complexity index is 1420. The van der Waals surface area contributed by atoms with Gasteiger partial charge in [-0.05, 0) is 35.2 Å². The van der Waals surface area contributed by atoms with Crippen molar-refractivity contribution in [1.82, 2.24) is 9.78 Å². The molecule has 7 heteroatoms. The molecule has 0 saturated heterocycles. The van der Waals surface area contributed by atoms with E-state index in [1.54, 1.807) is 28.2 Å². The lowest BCUT2D eigenvalue weighted by Gasteiger charge is -2.23. The monoisotopic (exact) mass is 483 g/mol. The first-order chi connectivity index (χ1) is 16.9. The number of nitrogens with zero attached hydrogens (tertiary/aromatic N) is 3. The normalized spacial score (nSPS) is 15.3. The molecule has 6 nitrogen and oxygen atoms in total. The van der Waals surface area contributed by atoms with Crippen LogP contribution in [0.4, 0.5) is 5.69 Å². The lowest BCUT2D eigenvalue weighted by Crippen LogP contribution is -2.25. The Labute approximate surface area is 208 Å². The molecule has 5 rings (SSSR count). The third kappa shape index (κ3) is 4.19. The number of fused-ring (bicyclic) bond motifs is 1. The van der Waals surface area contributed by atoms with Crippen LogP contribution in [0.5, 0.6) is 0 Å². The Morgan fingerprint density at radius 1 is 1.03 bits per heavy atom. The van der Waals surface area contributed by atoms with Gasteiger partial charge >= 0.3 is 5.97 Å². The largest absolute Gasteiger partial charge is 0.453 e. The average molecular weight is 484 g/mol. The number of anilines is 1. The number of carbonyl (C=O) groups is 2. The van der Waals surface area contributed by atoms with Gasteiger partial charge in [0, 0.05) is 36.0 Å². The van der Waals surface area contributed by atoms with Gasteiger partial charge in [-0.3, -0.25) is 4.79 Å². The highest BCUT2D eigenvalue weighted by atomic mass is 32.1. The summed E-state index contributed by atoms with van der Waals surface area (Å²) in [6.07, 6.45) is 1.58. The SMILES string of the molecule is CN1/C(=C\C(=O)COC(=O)c2cc(-c3cccs3)nn2-c2ccccc2)C(C)(C)c2ccccc21. The molecule has 1 aliphatic heterocycles. The minimum Gasteiger partial charge on any atom is -0.453 e. The van der Waals surface area contributed by atoms with Crippen LogP contribution in [0.3, 0.4) is 0 Å². The molecular formula is C28H25N3O3S. The number of ether oxygens (including phenoxy) is 1. The number of likely N-dealkylation sites (N-methyl/N-ethyl adjacent to an activating group) is 1. The third-order valence-electron chi connectivity index (χ3n) is 6.28. The van der Waals surface area contributed by atoms with Crippen molar-refractivity contribution in [2.75, 3.05) is 18.6 Å². The van der Waals surface area contributed by atoms with Crippen LogP contribution < -0.4 is 4.90 Å². The second-order valence-corrected chi connectivity index (χ2v) is 9.86. The van der Waals surface area contributed by atoms with Crippen molar-refractivity contribution in [2.24, 2.45) is 0 Å². The van der Waals surface area contributed by atoms with Gasteiger partial charge in [-0.1, -0.05) is 56.3 Å². The quantitative estimate of drug-likeness (QED) is 0.262. The first kappa shape index (κ1) is 22.8. The zero-order valence-electron chi connectivity index (χ0n) is 19.8. The zero-order valence-corrected chi connectivity index (χ0v) is 20.6. The highest BCUT2D eigenvalue weighted by molar-refractivity contribution is 7.13. The van der Waals surface area contributed by atoms with E-state index >= 15 is 0 Å². The number of thiophene rings is 1. The number of esters is 1. The van der Waals surface area contributed by atoms with Crippen molar-refractivity contribution in [2.45, 2.75) is 19.3 Å². The minimum atomic E-state index is -0.599. The second kappa shape index (κ2) is 9.00. The molecule has 0 saturated carbocycles. The van der Waals surface area contributed by atoms with Crippen LogP contribution in [0.15, 0.2) is 89.9 Å². The van der Waals surface area contributed by atoms with Crippen molar-refractivity contribution < 1.29 is 14.3 Å². The van der Waals surface area contributed by atoms with Gasteiger partial charge in [0.05, 0.1) is 10.6 Å². The number of aromatic nitrogens is 2. The third-order valence-corrected chi connectivity index (χ3v) is 7.17. The molecule has 0 bridgehead atoms. The predicted octanol–water partition coefficient (Wildman–Crippen LogP) is 5.64. The molecular weight excluding hydrogens is 458 g/mol. The van der Waals surface area contributed by atoms with Crippen molar-refractivity contribution in [3.8, 4) is 16.3 Å². The molecule has 0 spiro atoms. The Morgan fingerprint density at radius 3 is 2.49 bits per heavy atom. The molecule has 176 valence electrons. The number of allylic oxidation sites excluding steroid dienone is 1. The van der Waals surface area contributed by atoms with Crippen LogP contribution >= 0.6 is 11.3 Å². The number of rotatable bonds is 6. The number of hydrogen-bond acceptors (Lipinski definition) is 6. The number of benzene rings is 2. The summed E-state index contributed by atoms with van der Waals surface area (Å²) in [5.41, 5.74) is 4.46. The topological polar surface area (TPSA) is 64.4 Å². The number of ketones is 1. The fourth-order valence-electron chi connectivity index (χ4n) is 4.50. The van der Waals surface area contributed by atoms with E-state index in [1.807, 2.05) is 78.0 Å². The molecule has 3 heterocycles. The number of para-hydroxylation sites is 2. The maximum Gasteiger partial charge on any atom is 0.357 e. The van der Waals surface area contributed by atoms with Gasteiger partial charge in [-0.2, -0.15) is 5.10 Å². The van der Waals surface area contributed by atoms with Crippen molar-refractivity contribution in [3.05, 3.63) is 101 Å². The molecule has 4 aromatic rings. The van der Waals surface area contributed by atoms with Crippen LogP contribution in [0, 0.1) is 0 Å². The van der Waals surface area contributed by atoms with Gasteiger partial charge in [0.25, 0.3) is 0 Å². The van der Waals surface area contributed by atoms with Crippen LogP contribution in [-0.2, 0) is 14.9 Å². The smallest absolute Gasteiger partial charge is 0.357 e. The van der Waals surface area contributed by atoms with E-state index in [0.717, 1.165) is 27.5 Å². The summed E-state index contributed by atoms with van der Waals surface area (Å²) in [7, 11) is 1.95. The second-order valence-electron chi connectivity index (χ2n) is 8.91. The van der Waals surface area contributed by atoms with Gasteiger partial charge in [0.1, 0.15) is 5.69 Å². The van der Waals surface area contributed by atoms with Crippen molar-refractivity contribution in [3.63, 3.8) is 0 Å². The minimum absolute atomic E-state index is 0.269. The van der Waals surface area contributed by atoms with E-state index < -0.39 is 5.97 Å². The van der Waals surface area contributed by atoms with Gasteiger partial charge in [0.2, 0.25) is 0 Å². The number of carbonyl (C=O) groups excluding carboxylic acids is 2. The summed E-state index contributed by atoms with van der Waals surface area (Å²) in [5.74, 6) is -0.872. The summed E-state index contributed by atoms with van der Waals surface area (Å²) in [5, 5.41) is 6.59. The molecule has 0 fully saturated rings. The highest BCUT2D eigenvalue weighted by Crippen LogP contribution is 2.46. The fraction of sp³-hybridized carbons (Fsp3) is 0.179. The molecule has 35 heavy (non-hydrogen) atoms. The van der Waals surface area contributed by atoms with Gasteiger partial charge in [-0.15, -0.1) is 11.3 Å². The molecule has 0 amide bonds. The van der Waals surface area contributed by atoms with Gasteiger partial charge < -0.3 is 9.64 Å². The lowest BCUT2D eigenvalue weighted by molar-refractivity contribution is -0.117. The van der Waals surface area contributed by atoms with Crippen molar-refractivity contribution in [1.29, 1.82) is 0 Å². The standard InChI is InChI=1S/C28H25N3O3S/c1-28(2)21-12-7-8-13-23(21)30(3)26(28)16-20(32)18-34-27(33)24-17-22(25-14-9-15-35-25)29-31(24)19-10-5-4-6-11-19/h4-17H,18H2,1-3H3/b26-16-. The maximum atomic E-state index is 13.1. The Hall–Kier alpha value is -3.97. The Morgan fingerprint density at radius 2 is 1.77 bits per heavy atom. The summed E-state index contributed by atoms with van der Waals surface area (Å²) < 4.78 is 7.02. The summed E-state index contributed by atoms with van der Waals surface area (Å²) in [4.78, 5) is 28.9. The van der Waals surface area contributed by atoms with Crippen LogP contribution in [0.25, 0.3) is 16.3 Å². The lowest BCUT2D eigenvalue weighted by atomic mass is 9.83. The van der Waals surface area contributed by atoms with E-state index in [-0.39, 0.29) is 23.5 Å². The molecule has 0 N–H and O–H groups in total. The Balaban J connectivity index is 1.37. The van der Waals surface area contributed by atoms with Gasteiger partial charge in [0.15, 0.2) is 18.1 Å². The maximum absolute atomic E-state index is 13.1. The molecule has 1 aliphatic rings.